The molecule has 0 heterocycles. The first-order valence-corrected chi connectivity index (χ1v) is 24.3. The van der Waals surface area contributed by atoms with Gasteiger partial charge in [0.15, 0.2) is 0 Å². The zero-order valence-corrected chi connectivity index (χ0v) is 35.9. The molecule has 2 atom stereocenters. The van der Waals surface area contributed by atoms with E-state index in [9.17, 15) is 0 Å². The lowest BCUT2D eigenvalue weighted by Crippen LogP contribution is -2.13. The SMILES string of the molecule is CCCCCCC1CCC(c2ccc(C3CC=C(CCCOCCCC4=CCC(c5ccc(C6CCC(CCCCCC)CC6)cc5)CC4)CC3)cc2)CC1. The summed E-state index contributed by atoms with van der Waals surface area (Å²) in [5, 5.41) is 0. The number of unbranched alkanes of at least 4 members (excludes halogenated alkanes) is 6. The van der Waals surface area contributed by atoms with Crippen LogP contribution in [0.2, 0.25) is 0 Å². The Balaban J connectivity index is 0.788. The van der Waals surface area contributed by atoms with Crippen molar-refractivity contribution < 1.29 is 4.74 Å². The second-order valence-corrected chi connectivity index (χ2v) is 19.0. The molecular formula is C54H82O. The third-order valence-corrected chi connectivity index (χ3v) is 15.0. The molecule has 2 aromatic rings. The average Bonchev–Trinajstić information content (AvgIpc) is 3.25. The van der Waals surface area contributed by atoms with E-state index in [0.717, 1.165) is 36.9 Å². The Bertz CT molecular complexity index is 1270. The van der Waals surface area contributed by atoms with Crippen LogP contribution in [0.1, 0.15) is 240 Å². The molecule has 0 aromatic heterocycles. The van der Waals surface area contributed by atoms with Crippen LogP contribution in [0.25, 0.3) is 0 Å². The fourth-order valence-electron chi connectivity index (χ4n) is 11.1. The molecule has 4 aliphatic rings. The van der Waals surface area contributed by atoms with Crippen LogP contribution in [0.15, 0.2) is 71.8 Å². The van der Waals surface area contributed by atoms with E-state index in [4.69, 9.17) is 4.74 Å². The summed E-state index contributed by atoms with van der Waals surface area (Å²) in [6, 6.07) is 19.9. The van der Waals surface area contributed by atoms with Gasteiger partial charge in [-0.2, -0.15) is 0 Å². The highest BCUT2D eigenvalue weighted by Crippen LogP contribution is 2.41. The molecule has 2 aromatic carbocycles. The molecule has 0 spiro atoms. The van der Waals surface area contributed by atoms with E-state index in [1.54, 1.807) is 33.4 Å². The standard InChI is InChI=1S/C54H82O/c1-3-5-7-9-13-43-17-25-47(26-18-43)51-33-37-53(38-34-51)49-29-21-45(22-30-49)15-11-41-55-42-12-16-46-23-31-50(32-24-46)54-39-35-52(36-40-54)48-27-19-44(20-28-48)14-10-8-6-4-2/h21,23,33-40,43-44,47-50H,3-20,22,24-32,41-42H2,1-2H3. The third-order valence-electron chi connectivity index (χ3n) is 15.0. The first kappa shape index (κ1) is 42.5. The zero-order valence-electron chi connectivity index (χ0n) is 35.9. The van der Waals surface area contributed by atoms with Crippen LogP contribution in [0.4, 0.5) is 0 Å². The van der Waals surface area contributed by atoms with Gasteiger partial charge in [-0.3, -0.25) is 0 Å². The van der Waals surface area contributed by atoms with Crippen LogP contribution in [0.5, 0.6) is 0 Å². The normalized spacial score (nSPS) is 26.1. The van der Waals surface area contributed by atoms with Crippen LogP contribution in [0, 0.1) is 11.8 Å². The molecule has 2 unspecified atom stereocenters. The van der Waals surface area contributed by atoms with Crippen molar-refractivity contribution >= 4 is 0 Å². The van der Waals surface area contributed by atoms with Gasteiger partial charge in [-0.15, -0.1) is 0 Å². The predicted octanol–water partition coefficient (Wildman–Crippen LogP) is 16.8. The predicted molar refractivity (Wildman–Crippen MR) is 238 cm³/mol. The van der Waals surface area contributed by atoms with Gasteiger partial charge >= 0.3 is 0 Å². The van der Waals surface area contributed by atoms with Gasteiger partial charge in [-0.1, -0.05) is 150 Å². The van der Waals surface area contributed by atoms with Gasteiger partial charge in [0.1, 0.15) is 0 Å². The molecule has 304 valence electrons. The summed E-state index contributed by atoms with van der Waals surface area (Å²) in [6.07, 6.45) is 43.3. The lowest BCUT2D eigenvalue weighted by atomic mass is 9.76. The van der Waals surface area contributed by atoms with E-state index in [1.807, 2.05) is 0 Å². The van der Waals surface area contributed by atoms with Gasteiger partial charge < -0.3 is 4.74 Å². The zero-order chi connectivity index (χ0) is 37.9. The summed E-state index contributed by atoms with van der Waals surface area (Å²) in [4.78, 5) is 0. The Labute approximate surface area is 340 Å². The molecule has 0 N–H and O–H groups in total. The topological polar surface area (TPSA) is 9.23 Å². The van der Waals surface area contributed by atoms with Crippen molar-refractivity contribution in [2.45, 2.75) is 217 Å². The van der Waals surface area contributed by atoms with Crippen molar-refractivity contribution in [2.75, 3.05) is 13.2 Å². The molecular weight excluding hydrogens is 665 g/mol. The molecule has 0 radical (unpaired) electrons. The second-order valence-electron chi connectivity index (χ2n) is 19.0. The maximum atomic E-state index is 6.13. The minimum absolute atomic E-state index is 0.710. The smallest absolute Gasteiger partial charge is 0.0469 e. The fraction of sp³-hybridized carbons (Fsp3) is 0.704. The summed E-state index contributed by atoms with van der Waals surface area (Å²) in [6.45, 7) is 6.47. The van der Waals surface area contributed by atoms with Crippen LogP contribution >= 0.6 is 0 Å². The minimum Gasteiger partial charge on any atom is -0.381 e. The molecule has 0 saturated heterocycles. The Hall–Kier alpha value is -2.12. The number of allylic oxidation sites excluding steroid dienone is 4. The van der Waals surface area contributed by atoms with E-state index in [1.165, 1.54) is 180 Å². The molecule has 4 aliphatic carbocycles. The van der Waals surface area contributed by atoms with Gasteiger partial charge in [0, 0.05) is 13.2 Å². The largest absolute Gasteiger partial charge is 0.381 e. The van der Waals surface area contributed by atoms with E-state index < -0.39 is 0 Å². The maximum absolute atomic E-state index is 6.13. The molecule has 0 bridgehead atoms. The van der Waals surface area contributed by atoms with Crippen molar-refractivity contribution in [1.82, 2.24) is 0 Å². The molecule has 6 rings (SSSR count). The maximum Gasteiger partial charge on any atom is 0.0469 e. The van der Waals surface area contributed by atoms with Crippen LogP contribution < -0.4 is 0 Å². The Morgan fingerprint density at radius 1 is 0.418 bits per heavy atom. The molecule has 2 saturated carbocycles. The van der Waals surface area contributed by atoms with Crippen molar-refractivity contribution in [3.05, 3.63) is 94.1 Å². The second kappa shape index (κ2) is 24.0. The average molecular weight is 747 g/mol. The Morgan fingerprint density at radius 2 is 0.800 bits per heavy atom. The fourth-order valence-corrected chi connectivity index (χ4v) is 11.1. The first-order valence-electron chi connectivity index (χ1n) is 24.3. The van der Waals surface area contributed by atoms with Crippen molar-refractivity contribution in [3.63, 3.8) is 0 Å². The van der Waals surface area contributed by atoms with Crippen molar-refractivity contribution in [1.29, 1.82) is 0 Å². The lowest BCUT2D eigenvalue weighted by Gasteiger charge is -2.29. The number of benzene rings is 2. The summed E-state index contributed by atoms with van der Waals surface area (Å²) in [5.41, 5.74) is 9.71. The quantitative estimate of drug-likeness (QED) is 0.0861. The monoisotopic (exact) mass is 747 g/mol. The summed E-state index contributed by atoms with van der Waals surface area (Å²) in [5.74, 6) is 5.02. The highest BCUT2D eigenvalue weighted by molar-refractivity contribution is 5.31. The molecule has 1 heteroatoms. The highest BCUT2D eigenvalue weighted by atomic mass is 16.5. The van der Waals surface area contributed by atoms with Gasteiger partial charge in [0.25, 0.3) is 0 Å². The van der Waals surface area contributed by atoms with Crippen LogP contribution in [-0.4, -0.2) is 13.2 Å². The summed E-state index contributed by atoms with van der Waals surface area (Å²) in [7, 11) is 0. The molecule has 2 fully saturated rings. The van der Waals surface area contributed by atoms with Crippen LogP contribution in [-0.2, 0) is 4.74 Å². The first-order chi connectivity index (χ1) is 27.2. The van der Waals surface area contributed by atoms with E-state index in [2.05, 4.69) is 74.5 Å². The third kappa shape index (κ3) is 14.0. The lowest BCUT2D eigenvalue weighted by molar-refractivity contribution is 0.129. The highest BCUT2D eigenvalue weighted by Gasteiger charge is 2.25. The van der Waals surface area contributed by atoms with Crippen molar-refractivity contribution in [2.24, 2.45) is 11.8 Å². The molecule has 55 heavy (non-hydrogen) atoms. The van der Waals surface area contributed by atoms with Gasteiger partial charge in [-0.05, 0) is 173 Å². The molecule has 1 nitrogen and oxygen atoms in total. The van der Waals surface area contributed by atoms with E-state index in [-0.39, 0.29) is 0 Å². The number of hydrogen-bond acceptors (Lipinski definition) is 1. The summed E-state index contributed by atoms with van der Waals surface area (Å²) < 4.78 is 6.13. The summed E-state index contributed by atoms with van der Waals surface area (Å²) >= 11 is 0. The van der Waals surface area contributed by atoms with Crippen molar-refractivity contribution in [3.8, 4) is 0 Å². The minimum atomic E-state index is 0.710. The van der Waals surface area contributed by atoms with Gasteiger partial charge in [0.2, 0.25) is 0 Å². The van der Waals surface area contributed by atoms with E-state index >= 15 is 0 Å². The number of ether oxygens (including phenoxy) is 1. The molecule has 0 amide bonds. The number of rotatable bonds is 22. The number of hydrogen-bond donors (Lipinski definition) is 0. The Morgan fingerprint density at radius 3 is 1.15 bits per heavy atom. The van der Waals surface area contributed by atoms with E-state index in [0.29, 0.717) is 11.8 Å². The molecule has 0 aliphatic heterocycles. The Kier molecular flexibility index (Phi) is 18.5. The van der Waals surface area contributed by atoms with Crippen LogP contribution in [0.3, 0.4) is 0 Å². The van der Waals surface area contributed by atoms with Gasteiger partial charge in [0.05, 0.1) is 0 Å². The van der Waals surface area contributed by atoms with Gasteiger partial charge in [-0.25, -0.2) is 0 Å².